The fourth-order valence-electron chi connectivity index (χ4n) is 4.37. The van der Waals surface area contributed by atoms with Crippen LogP contribution in [-0.2, 0) is 17.8 Å². The van der Waals surface area contributed by atoms with Crippen molar-refractivity contribution in [1.82, 2.24) is 19.1 Å². The molecule has 7 heteroatoms. The lowest BCUT2D eigenvalue weighted by Crippen LogP contribution is -2.49. The lowest BCUT2D eigenvalue weighted by atomic mass is 9.97. The highest BCUT2D eigenvalue weighted by atomic mass is 16.3. The third-order valence-corrected chi connectivity index (χ3v) is 5.64. The van der Waals surface area contributed by atoms with Crippen molar-refractivity contribution >= 4 is 22.5 Å². The van der Waals surface area contributed by atoms with E-state index < -0.39 is 0 Å². The fourth-order valence-corrected chi connectivity index (χ4v) is 4.37. The first kappa shape index (κ1) is 17.8. The maximum absolute atomic E-state index is 13.0. The van der Waals surface area contributed by atoms with Crippen LogP contribution in [-0.4, -0.2) is 37.1 Å². The highest BCUT2D eigenvalue weighted by Gasteiger charge is 2.29. The number of piperidine rings is 1. The van der Waals surface area contributed by atoms with Crippen LogP contribution < -0.4 is 5.56 Å². The zero-order valence-corrected chi connectivity index (χ0v) is 16.4. The van der Waals surface area contributed by atoms with Gasteiger partial charge in [0.05, 0.1) is 5.52 Å². The highest BCUT2D eigenvalue weighted by Crippen LogP contribution is 2.24. The molecule has 3 aromatic rings. The molecule has 1 fully saturated rings. The molecule has 0 spiro atoms. The van der Waals surface area contributed by atoms with Gasteiger partial charge in [-0.1, -0.05) is 6.92 Å². The number of aryl methyl sites for hydroxylation is 2. The number of furan rings is 1. The van der Waals surface area contributed by atoms with E-state index in [0.29, 0.717) is 17.5 Å². The molecule has 0 saturated carbocycles. The maximum Gasteiger partial charge on any atom is 0.291 e. The fraction of sp³-hybridized carbons (Fsp3) is 0.550. The second-order valence-electron chi connectivity index (χ2n) is 7.63. The average Bonchev–Trinajstić information content (AvgIpc) is 3.13. The van der Waals surface area contributed by atoms with Gasteiger partial charge in [-0.25, -0.2) is 4.68 Å². The number of carbonyl (C=O) groups excluding carboxylic acids is 1. The smallest absolute Gasteiger partial charge is 0.291 e. The monoisotopic (exact) mass is 370 g/mol. The van der Waals surface area contributed by atoms with Gasteiger partial charge in [-0.2, -0.15) is 5.10 Å². The summed E-state index contributed by atoms with van der Waals surface area (Å²) in [6.45, 7) is 8.00. The van der Waals surface area contributed by atoms with E-state index in [1.54, 1.807) is 6.07 Å². The summed E-state index contributed by atoms with van der Waals surface area (Å²) < 4.78 is 8.84. The number of carbonyl (C=O) groups is 1. The van der Waals surface area contributed by atoms with Crippen molar-refractivity contribution in [2.24, 2.45) is 0 Å². The van der Waals surface area contributed by atoms with Crippen LogP contribution >= 0.6 is 0 Å². The van der Waals surface area contributed by atoms with E-state index in [-0.39, 0.29) is 30.1 Å². The standard InChI is InChI=1S/C20H26N4O3/c1-5-18-21-22(11-19(25)23-12(2)7-6-8-13(23)3)20(26)16-10-17-15(24(16)18)9-14(4)27-17/h9-10,12-13H,5-8,11H2,1-4H3. The summed E-state index contributed by atoms with van der Waals surface area (Å²) in [6.07, 6.45) is 3.80. The second-order valence-corrected chi connectivity index (χ2v) is 7.63. The van der Waals surface area contributed by atoms with E-state index in [1.807, 2.05) is 29.2 Å². The SMILES string of the molecule is CCc1nn(CC(=O)N2C(C)CCCC2C)c(=O)c2cc3oc(C)cc3n12. The summed E-state index contributed by atoms with van der Waals surface area (Å²) >= 11 is 0. The van der Waals surface area contributed by atoms with E-state index in [9.17, 15) is 9.59 Å². The molecule has 4 heterocycles. The Morgan fingerprint density at radius 2 is 1.93 bits per heavy atom. The minimum atomic E-state index is -0.262. The van der Waals surface area contributed by atoms with Crippen molar-refractivity contribution in [1.29, 1.82) is 0 Å². The van der Waals surface area contributed by atoms with Crippen molar-refractivity contribution in [2.75, 3.05) is 0 Å². The zero-order chi connectivity index (χ0) is 19.3. The Balaban J connectivity index is 1.77. The van der Waals surface area contributed by atoms with Crippen LogP contribution in [0.15, 0.2) is 21.3 Å². The molecule has 0 N–H and O–H groups in total. The zero-order valence-electron chi connectivity index (χ0n) is 16.4. The number of amides is 1. The molecular weight excluding hydrogens is 344 g/mol. The van der Waals surface area contributed by atoms with Crippen molar-refractivity contribution in [3.8, 4) is 0 Å². The number of hydrogen-bond acceptors (Lipinski definition) is 4. The molecule has 4 rings (SSSR count). The number of likely N-dealkylation sites (tertiary alicyclic amines) is 1. The van der Waals surface area contributed by atoms with Crippen LogP contribution in [0.1, 0.15) is 51.6 Å². The first-order valence-electron chi connectivity index (χ1n) is 9.73. The summed E-state index contributed by atoms with van der Waals surface area (Å²) in [6, 6.07) is 4.06. The van der Waals surface area contributed by atoms with Gasteiger partial charge in [-0.05, 0) is 40.0 Å². The number of rotatable bonds is 3. The van der Waals surface area contributed by atoms with Gasteiger partial charge in [0.25, 0.3) is 5.56 Å². The van der Waals surface area contributed by atoms with Crippen molar-refractivity contribution < 1.29 is 9.21 Å². The molecule has 0 bridgehead atoms. The average molecular weight is 370 g/mol. The van der Waals surface area contributed by atoms with Crippen molar-refractivity contribution in [3.63, 3.8) is 0 Å². The summed E-state index contributed by atoms with van der Waals surface area (Å²) in [5.74, 6) is 1.50. The predicted molar refractivity (Wildman–Crippen MR) is 103 cm³/mol. The van der Waals surface area contributed by atoms with Crippen molar-refractivity contribution in [2.45, 2.75) is 72.0 Å². The second kappa shape index (κ2) is 6.55. The molecule has 7 nitrogen and oxygen atoms in total. The van der Waals surface area contributed by atoms with Crippen LogP contribution in [0, 0.1) is 6.92 Å². The number of aromatic nitrogens is 3. The number of fused-ring (bicyclic) bond motifs is 3. The molecule has 27 heavy (non-hydrogen) atoms. The van der Waals surface area contributed by atoms with Gasteiger partial charge in [0, 0.05) is 30.6 Å². The Labute approximate surface area is 157 Å². The molecule has 1 aliphatic rings. The molecule has 1 amide bonds. The third-order valence-electron chi connectivity index (χ3n) is 5.64. The minimum Gasteiger partial charge on any atom is -0.460 e. The quantitative estimate of drug-likeness (QED) is 0.711. The Hall–Kier alpha value is -2.57. The van der Waals surface area contributed by atoms with Gasteiger partial charge >= 0.3 is 0 Å². The Morgan fingerprint density at radius 3 is 2.59 bits per heavy atom. The molecule has 2 atom stereocenters. The van der Waals surface area contributed by atoms with Crippen molar-refractivity contribution in [3.05, 3.63) is 34.1 Å². The first-order valence-corrected chi connectivity index (χ1v) is 9.73. The van der Waals surface area contributed by atoms with Crippen LogP contribution in [0.25, 0.3) is 16.6 Å². The number of nitrogens with zero attached hydrogens (tertiary/aromatic N) is 4. The van der Waals surface area contributed by atoms with Gasteiger partial charge in [0.15, 0.2) is 5.58 Å². The topological polar surface area (TPSA) is 72.8 Å². The molecule has 0 aromatic carbocycles. The van der Waals surface area contributed by atoms with E-state index >= 15 is 0 Å². The van der Waals surface area contributed by atoms with Gasteiger partial charge in [-0.3, -0.25) is 14.0 Å². The van der Waals surface area contributed by atoms with Gasteiger partial charge in [-0.15, -0.1) is 0 Å². The predicted octanol–water partition coefficient (Wildman–Crippen LogP) is 2.90. The van der Waals surface area contributed by atoms with E-state index in [2.05, 4.69) is 18.9 Å². The molecule has 0 aliphatic carbocycles. The normalized spacial score (nSPS) is 20.7. The molecule has 1 aliphatic heterocycles. The summed E-state index contributed by atoms with van der Waals surface area (Å²) in [5.41, 5.74) is 1.76. The van der Waals surface area contributed by atoms with Gasteiger partial charge in [0.1, 0.15) is 23.6 Å². The Morgan fingerprint density at radius 1 is 1.22 bits per heavy atom. The largest absolute Gasteiger partial charge is 0.460 e. The molecule has 0 radical (unpaired) electrons. The first-order chi connectivity index (χ1) is 12.9. The molecular formula is C20H26N4O3. The molecule has 2 unspecified atom stereocenters. The lowest BCUT2D eigenvalue weighted by molar-refractivity contribution is -0.138. The third kappa shape index (κ3) is 2.85. The van der Waals surface area contributed by atoms with Crippen LogP contribution in [0.3, 0.4) is 0 Å². The highest BCUT2D eigenvalue weighted by molar-refractivity contribution is 5.83. The van der Waals surface area contributed by atoms with Gasteiger partial charge < -0.3 is 9.32 Å². The lowest BCUT2D eigenvalue weighted by Gasteiger charge is -2.39. The molecule has 3 aromatic heterocycles. The molecule has 144 valence electrons. The summed E-state index contributed by atoms with van der Waals surface area (Å²) in [4.78, 5) is 27.9. The Kier molecular flexibility index (Phi) is 4.32. The summed E-state index contributed by atoms with van der Waals surface area (Å²) in [5, 5.41) is 4.51. The summed E-state index contributed by atoms with van der Waals surface area (Å²) in [7, 11) is 0. The van der Waals surface area contributed by atoms with Crippen LogP contribution in [0.5, 0.6) is 0 Å². The molecule has 1 saturated heterocycles. The van der Waals surface area contributed by atoms with Crippen LogP contribution in [0.4, 0.5) is 0 Å². The van der Waals surface area contributed by atoms with E-state index in [0.717, 1.165) is 36.4 Å². The van der Waals surface area contributed by atoms with Gasteiger partial charge in [0.2, 0.25) is 5.91 Å². The van der Waals surface area contributed by atoms with E-state index in [4.69, 9.17) is 4.42 Å². The van der Waals surface area contributed by atoms with E-state index in [1.165, 1.54) is 4.68 Å². The number of hydrogen-bond donors (Lipinski definition) is 0. The van der Waals surface area contributed by atoms with Crippen LogP contribution in [0.2, 0.25) is 0 Å². The Bertz CT molecular complexity index is 1060. The minimum absolute atomic E-state index is 0.0252. The maximum atomic E-state index is 13.0.